The van der Waals surface area contributed by atoms with Gasteiger partial charge in [-0.3, -0.25) is 9.59 Å². The molecular weight excluding hydrogens is 210 g/mol. The highest BCUT2D eigenvalue weighted by Crippen LogP contribution is 2.18. The van der Waals surface area contributed by atoms with E-state index in [1.165, 1.54) is 6.92 Å². The molecule has 0 spiro atoms. The molecule has 92 valence electrons. The van der Waals surface area contributed by atoms with Gasteiger partial charge in [-0.2, -0.15) is 0 Å². The average molecular weight is 229 g/mol. The smallest absolute Gasteiger partial charge is 0.303 e. The zero-order chi connectivity index (χ0) is 12.0. The number of rotatable bonds is 6. The van der Waals surface area contributed by atoms with Crippen LogP contribution in [0, 0.1) is 0 Å². The number of aliphatic carboxylic acids is 1. The molecule has 16 heavy (non-hydrogen) atoms. The summed E-state index contributed by atoms with van der Waals surface area (Å²) in [6, 6.07) is -0.0864. The van der Waals surface area contributed by atoms with Crippen molar-refractivity contribution in [2.45, 2.75) is 51.2 Å². The Balaban J connectivity index is 2.35. The molecule has 2 atom stereocenters. The van der Waals surface area contributed by atoms with Crippen molar-refractivity contribution < 1.29 is 19.4 Å². The molecule has 0 aliphatic carbocycles. The van der Waals surface area contributed by atoms with Crippen LogP contribution in [0.4, 0.5) is 0 Å². The topological polar surface area (TPSA) is 75.6 Å². The molecule has 0 aromatic rings. The third kappa shape index (κ3) is 5.11. The molecule has 1 saturated heterocycles. The van der Waals surface area contributed by atoms with Crippen molar-refractivity contribution in [1.82, 2.24) is 5.32 Å². The minimum atomic E-state index is -0.831. The second-order valence-electron chi connectivity index (χ2n) is 4.20. The molecule has 5 nitrogen and oxygen atoms in total. The molecule has 2 unspecified atom stereocenters. The van der Waals surface area contributed by atoms with E-state index in [9.17, 15) is 9.59 Å². The molecule has 1 heterocycles. The fraction of sp³-hybridized carbons (Fsp3) is 0.818. The number of ether oxygens (including phenoxy) is 1. The van der Waals surface area contributed by atoms with Crippen molar-refractivity contribution in [2.24, 2.45) is 0 Å². The quantitative estimate of drug-likeness (QED) is 0.710. The summed E-state index contributed by atoms with van der Waals surface area (Å²) in [6.07, 6.45) is 3.49. The monoisotopic (exact) mass is 229 g/mol. The maximum atomic E-state index is 11.0. The SMILES string of the molecule is CC(=O)NC(CCC(=O)O)CC1CCCO1. The molecule has 0 saturated carbocycles. The van der Waals surface area contributed by atoms with Crippen LogP contribution in [0.5, 0.6) is 0 Å². The van der Waals surface area contributed by atoms with Gasteiger partial charge < -0.3 is 15.2 Å². The van der Waals surface area contributed by atoms with Gasteiger partial charge in [-0.15, -0.1) is 0 Å². The first-order valence-corrected chi connectivity index (χ1v) is 5.68. The van der Waals surface area contributed by atoms with E-state index in [1.54, 1.807) is 0 Å². The number of hydrogen-bond acceptors (Lipinski definition) is 3. The molecule has 0 radical (unpaired) electrons. The predicted molar refractivity (Wildman–Crippen MR) is 58.1 cm³/mol. The Bertz CT molecular complexity index is 248. The van der Waals surface area contributed by atoms with Crippen LogP contribution in [0.25, 0.3) is 0 Å². The second-order valence-corrected chi connectivity index (χ2v) is 4.20. The summed E-state index contributed by atoms with van der Waals surface area (Å²) in [7, 11) is 0. The van der Waals surface area contributed by atoms with Gasteiger partial charge in [-0.1, -0.05) is 0 Å². The van der Waals surface area contributed by atoms with Gasteiger partial charge in [-0.25, -0.2) is 0 Å². The van der Waals surface area contributed by atoms with Gasteiger partial charge in [0.25, 0.3) is 0 Å². The Labute approximate surface area is 95.2 Å². The molecule has 0 bridgehead atoms. The van der Waals surface area contributed by atoms with Crippen molar-refractivity contribution >= 4 is 11.9 Å². The van der Waals surface area contributed by atoms with E-state index in [-0.39, 0.29) is 24.5 Å². The molecule has 2 N–H and O–H groups in total. The van der Waals surface area contributed by atoms with Crippen molar-refractivity contribution in [3.05, 3.63) is 0 Å². The van der Waals surface area contributed by atoms with Crippen molar-refractivity contribution in [1.29, 1.82) is 0 Å². The lowest BCUT2D eigenvalue weighted by Gasteiger charge is -2.20. The molecule has 1 aliphatic heterocycles. The van der Waals surface area contributed by atoms with E-state index in [4.69, 9.17) is 9.84 Å². The molecule has 1 amide bonds. The Kier molecular flexibility index (Phi) is 5.25. The number of carbonyl (C=O) groups excluding carboxylic acids is 1. The number of carbonyl (C=O) groups is 2. The molecule has 1 fully saturated rings. The zero-order valence-electron chi connectivity index (χ0n) is 9.57. The number of carboxylic acid groups (broad SMARTS) is 1. The predicted octanol–water partition coefficient (Wildman–Crippen LogP) is 0.925. The van der Waals surface area contributed by atoms with Crippen molar-refractivity contribution in [2.75, 3.05) is 6.61 Å². The third-order valence-electron chi connectivity index (χ3n) is 2.69. The summed E-state index contributed by atoms with van der Waals surface area (Å²) in [5.41, 5.74) is 0. The summed E-state index contributed by atoms with van der Waals surface area (Å²) in [5.74, 6) is -0.948. The van der Waals surface area contributed by atoms with Crippen LogP contribution >= 0.6 is 0 Å². The normalized spacial score (nSPS) is 21.7. The fourth-order valence-corrected chi connectivity index (χ4v) is 1.98. The summed E-state index contributed by atoms with van der Waals surface area (Å²) in [6.45, 7) is 2.22. The van der Waals surface area contributed by atoms with E-state index in [2.05, 4.69) is 5.32 Å². The fourth-order valence-electron chi connectivity index (χ4n) is 1.98. The van der Waals surface area contributed by atoms with Crippen LogP contribution in [-0.4, -0.2) is 35.7 Å². The van der Waals surface area contributed by atoms with E-state index in [0.29, 0.717) is 12.8 Å². The van der Waals surface area contributed by atoms with E-state index in [1.807, 2.05) is 0 Å². The van der Waals surface area contributed by atoms with Gasteiger partial charge in [0.05, 0.1) is 6.10 Å². The van der Waals surface area contributed by atoms with Crippen LogP contribution in [0.1, 0.15) is 39.0 Å². The van der Waals surface area contributed by atoms with Crippen molar-refractivity contribution in [3.8, 4) is 0 Å². The molecule has 1 aliphatic rings. The minimum Gasteiger partial charge on any atom is -0.481 e. The third-order valence-corrected chi connectivity index (χ3v) is 2.69. The van der Waals surface area contributed by atoms with Crippen LogP contribution in [-0.2, 0) is 14.3 Å². The molecule has 1 rings (SSSR count). The molecule has 5 heteroatoms. The van der Waals surface area contributed by atoms with Crippen LogP contribution in [0.2, 0.25) is 0 Å². The number of carboxylic acids is 1. The maximum Gasteiger partial charge on any atom is 0.303 e. The van der Waals surface area contributed by atoms with Crippen LogP contribution in [0.15, 0.2) is 0 Å². The Morgan fingerprint density at radius 3 is 2.81 bits per heavy atom. The molecule has 0 aromatic carbocycles. The summed E-state index contributed by atoms with van der Waals surface area (Å²) >= 11 is 0. The molecular formula is C11H19NO4. The van der Waals surface area contributed by atoms with E-state index >= 15 is 0 Å². The lowest BCUT2D eigenvalue weighted by Crippen LogP contribution is -2.36. The zero-order valence-corrected chi connectivity index (χ0v) is 9.57. The van der Waals surface area contributed by atoms with Gasteiger partial charge >= 0.3 is 5.97 Å². The van der Waals surface area contributed by atoms with E-state index in [0.717, 1.165) is 19.4 Å². The second kappa shape index (κ2) is 6.48. The van der Waals surface area contributed by atoms with Gasteiger partial charge in [0.2, 0.25) is 5.91 Å². The average Bonchev–Trinajstić information content (AvgIpc) is 2.66. The summed E-state index contributed by atoms with van der Waals surface area (Å²) in [5, 5.41) is 11.4. The standard InChI is InChI=1S/C11H19NO4/c1-8(13)12-9(4-5-11(14)15)7-10-3-2-6-16-10/h9-10H,2-7H2,1H3,(H,12,13)(H,14,15). The Hall–Kier alpha value is -1.10. The first kappa shape index (κ1) is 13.0. The van der Waals surface area contributed by atoms with Gasteiger partial charge in [0, 0.05) is 26.0 Å². The van der Waals surface area contributed by atoms with Crippen LogP contribution < -0.4 is 5.32 Å². The minimum absolute atomic E-state index is 0.0810. The first-order chi connectivity index (χ1) is 7.58. The number of nitrogens with one attached hydrogen (secondary N) is 1. The Morgan fingerprint density at radius 2 is 2.31 bits per heavy atom. The highest BCUT2D eigenvalue weighted by molar-refractivity contribution is 5.73. The lowest BCUT2D eigenvalue weighted by molar-refractivity contribution is -0.137. The number of hydrogen-bond donors (Lipinski definition) is 2. The Morgan fingerprint density at radius 1 is 1.56 bits per heavy atom. The van der Waals surface area contributed by atoms with Crippen molar-refractivity contribution in [3.63, 3.8) is 0 Å². The van der Waals surface area contributed by atoms with E-state index < -0.39 is 5.97 Å². The summed E-state index contributed by atoms with van der Waals surface area (Å²) < 4.78 is 5.47. The van der Waals surface area contributed by atoms with Gasteiger partial charge in [0.15, 0.2) is 0 Å². The summed E-state index contributed by atoms with van der Waals surface area (Å²) in [4.78, 5) is 21.5. The number of amides is 1. The highest BCUT2D eigenvalue weighted by Gasteiger charge is 2.21. The van der Waals surface area contributed by atoms with Gasteiger partial charge in [0.1, 0.15) is 0 Å². The molecule has 0 aromatic heterocycles. The largest absolute Gasteiger partial charge is 0.481 e. The maximum absolute atomic E-state index is 11.0. The van der Waals surface area contributed by atoms with Crippen LogP contribution in [0.3, 0.4) is 0 Å². The van der Waals surface area contributed by atoms with Gasteiger partial charge in [-0.05, 0) is 25.7 Å². The highest BCUT2D eigenvalue weighted by atomic mass is 16.5. The first-order valence-electron chi connectivity index (χ1n) is 5.68. The lowest BCUT2D eigenvalue weighted by atomic mass is 10.0.